The molecule has 0 fully saturated rings. The number of nitro benzene ring substituents is 1. The second-order valence-electron chi connectivity index (χ2n) is 3.54. The first-order chi connectivity index (χ1) is 9.13. The van der Waals surface area contributed by atoms with E-state index in [9.17, 15) is 14.9 Å². The number of esters is 1. The standard InChI is InChI=1S/C12H15NO6/c1-17-12(14)6-7-18-8-9-19-11-4-2-10(3-5-11)13(15)16/h2-5H,6-9H2,1H3. The number of methoxy groups -OCH3 is 1. The van der Waals surface area contributed by atoms with E-state index < -0.39 is 4.92 Å². The van der Waals surface area contributed by atoms with Crippen LogP contribution in [0.3, 0.4) is 0 Å². The third kappa shape index (κ3) is 5.82. The van der Waals surface area contributed by atoms with E-state index in [-0.39, 0.29) is 24.7 Å². The van der Waals surface area contributed by atoms with E-state index in [2.05, 4.69) is 4.74 Å². The predicted molar refractivity (Wildman–Crippen MR) is 66.0 cm³/mol. The lowest BCUT2D eigenvalue weighted by atomic mass is 10.3. The fourth-order valence-electron chi connectivity index (χ4n) is 1.24. The van der Waals surface area contributed by atoms with Crippen molar-refractivity contribution in [2.75, 3.05) is 26.9 Å². The normalized spacial score (nSPS) is 9.95. The smallest absolute Gasteiger partial charge is 0.307 e. The number of carbonyl (C=O) groups excluding carboxylic acids is 1. The number of hydrogen-bond acceptors (Lipinski definition) is 6. The Labute approximate surface area is 110 Å². The largest absolute Gasteiger partial charge is 0.491 e. The molecule has 0 heterocycles. The van der Waals surface area contributed by atoms with Gasteiger partial charge in [-0.05, 0) is 12.1 Å². The molecule has 0 aromatic heterocycles. The molecule has 0 amide bonds. The van der Waals surface area contributed by atoms with Crippen LogP contribution < -0.4 is 4.74 Å². The summed E-state index contributed by atoms with van der Waals surface area (Å²) < 4.78 is 14.9. The van der Waals surface area contributed by atoms with Gasteiger partial charge in [0.2, 0.25) is 0 Å². The van der Waals surface area contributed by atoms with Crippen molar-refractivity contribution in [2.24, 2.45) is 0 Å². The second kappa shape index (κ2) is 8.04. The van der Waals surface area contributed by atoms with Gasteiger partial charge in [0, 0.05) is 12.1 Å². The molecule has 7 heteroatoms. The van der Waals surface area contributed by atoms with E-state index in [0.29, 0.717) is 19.0 Å². The molecular weight excluding hydrogens is 254 g/mol. The van der Waals surface area contributed by atoms with Crippen molar-refractivity contribution in [3.05, 3.63) is 34.4 Å². The molecule has 1 aromatic rings. The summed E-state index contributed by atoms with van der Waals surface area (Å²) in [5.74, 6) is 0.207. The highest BCUT2D eigenvalue weighted by Gasteiger charge is 2.04. The van der Waals surface area contributed by atoms with Crippen LogP contribution in [0.4, 0.5) is 5.69 Å². The first-order valence-electron chi connectivity index (χ1n) is 5.65. The molecule has 0 aliphatic heterocycles. The summed E-state index contributed by atoms with van der Waals surface area (Å²) in [6, 6.07) is 5.78. The molecule has 0 atom stereocenters. The first-order valence-corrected chi connectivity index (χ1v) is 5.65. The van der Waals surface area contributed by atoms with Crippen molar-refractivity contribution >= 4 is 11.7 Å². The molecule has 0 aliphatic rings. The van der Waals surface area contributed by atoms with Crippen molar-refractivity contribution in [1.29, 1.82) is 0 Å². The van der Waals surface area contributed by atoms with E-state index in [1.165, 1.54) is 31.4 Å². The van der Waals surface area contributed by atoms with Gasteiger partial charge in [0.25, 0.3) is 5.69 Å². The number of nitro groups is 1. The van der Waals surface area contributed by atoms with E-state index >= 15 is 0 Å². The van der Waals surface area contributed by atoms with E-state index in [1.54, 1.807) is 0 Å². The van der Waals surface area contributed by atoms with Crippen LogP contribution in [0.25, 0.3) is 0 Å². The molecule has 0 saturated heterocycles. The van der Waals surface area contributed by atoms with Crippen molar-refractivity contribution < 1.29 is 23.9 Å². The van der Waals surface area contributed by atoms with Gasteiger partial charge in [0.1, 0.15) is 12.4 Å². The Morgan fingerprint density at radius 1 is 1.21 bits per heavy atom. The van der Waals surface area contributed by atoms with Crippen molar-refractivity contribution in [2.45, 2.75) is 6.42 Å². The molecule has 7 nitrogen and oxygen atoms in total. The minimum atomic E-state index is -0.473. The topological polar surface area (TPSA) is 87.9 Å². The highest BCUT2D eigenvalue weighted by atomic mass is 16.6. The molecule has 1 rings (SSSR count). The van der Waals surface area contributed by atoms with Crippen molar-refractivity contribution in [3.8, 4) is 5.75 Å². The van der Waals surface area contributed by atoms with Crippen LogP contribution in [0, 0.1) is 10.1 Å². The van der Waals surface area contributed by atoms with Crippen molar-refractivity contribution in [1.82, 2.24) is 0 Å². The Hall–Kier alpha value is -2.15. The summed E-state index contributed by atoms with van der Waals surface area (Å²) >= 11 is 0. The maximum Gasteiger partial charge on any atom is 0.307 e. The molecule has 0 unspecified atom stereocenters. The zero-order chi connectivity index (χ0) is 14.1. The molecule has 0 aliphatic carbocycles. The van der Waals surface area contributed by atoms with Crippen LogP contribution >= 0.6 is 0 Å². The molecule has 0 N–H and O–H groups in total. The molecule has 1 aromatic carbocycles. The maximum atomic E-state index is 10.8. The van der Waals surface area contributed by atoms with Crippen LogP contribution in [-0.2, 0) is 14.3 Å². The zero-order valence-electron chi connectivity index (χ0n) is 10.5. The SMILES string of the molecule is COC(=O)CCOCCOc1ccc([N+](=O)[O-])cc1. The summed E-state index contributed by atoms with van der Waals surface area (Å²) in [6.45, 7) is 0.906. The number of nitrogens with zero attached hydrogens (tertiary/aromatic N) is 1. The van der Waals surface area contributed by atoms with Gasteiger partial charge >= 0.3 is 5.97 Å². The quantitative estimate of drug-likeness (QED) is 0.308. The van der Waals surface area contributed by atoms with Crippen LogP contribution in [0.15, 0.2) is 24.3 Å². The van der Waals surface area contributed by atoms with Crippen LogP contribution in [0.5, 0.6) is 5.75 Å². The average Bonchev–Trinajstić information content (AvgIpc) is 2.42. The Bertz CT molecular complexity index is 417. The fourth-order valence-corrected chi connectivity index (χ4v) is 1.24. The van der Waals surface area contributed by atoms with Crippen LogP contribution in [-0.4, -0.2) is 37.8 Å². The van der Waals surface area contributed by atoms with Gasteiger partial charge in [-0.1, -0.05) is 0 Å². The van der Waals surface area contributed by atoms with E-state index in [4.69, 9.17) is 9.47 Å². The summed E-state index contributed by atoms with van der Waals surface area (Å²) in [4.78, 5) is 20.7. The predicted octanol–water partition coefficient (Wildman–Crippen LogP) is 1.55. The average molecular weight is 269 g/mol. The molecule has 0 radical (unpaired) electrons. The molecule has 104 valence electrons. The van der Waals surface area contributed by atoms with Crippen LogP contribution in [0.2, 0.25) is 0 Å². The maximum absolute atomic E-state index is 10.8. The van der Waals surface area contributed by atoms with Gasteiger partial charge < -0.3 is 14.2 Å². The van der Waals surface area contributed by atoms with Gasteiger partial charge in [-0.3, -0.25) is 14.9 Å². The lowest BCUT2D eigenvalue weighted by Crippen LogP contribution is -2.10. The third-order valence-electron chi connectivity index (χ3n) is 2.22. The highest BCUT2D eigenvalue weighted by Crippen LogP contribution is 2.16. The van der Waals surface area contributed by atoms with E-state index in [1.807, 2.05) is 0 Å². The third-order valence-corrected chi connectivity index (χ3v) is 2.22. The molecule has 0 saturated carbocycles. The van der Waals surface area contributed by atoms with Crippen molar-refractivity contribution in [3.63, 3.8) is 0 Å². The Kier molecular flexibility index (Phi) is 6.31. The summed E-state index contributed by atoms with van der Waals surface area (Å²) in [5.41, 5.74) is 0.0154. The molecule has 0 spiro atoms. The van der Waals surface area contributed by atoms with Gasteiger partial charge in [-0.2, -0.15) is 0 Å². The summed E-state index contributed by atoms with van der Waals surface area (Å²) in [6.07, 6.45) is 0.202. The Morgan fingerprint density at radius 3 is 2.47 bits per heavy atom. The molecular formula is C12H15NO6. The highest BCUT2D eigenvalue weighted by molar-refractivity contribution is 5.69. The van der Waals surface area contributed by atoms with Gasteiger partial charge in [0.05, 0.1) is 31.7 Å². The number of benzene rings is 1. The minimum Gasteiger partial charge on any atom is -0.491 e. The Balaban J connectivity index is 2.15. The number of non-ortho nitro benzene ring substituents is 1. The monoisotopic (exact) mass is 269 g/mol. The summed E-state index contributed by atoms with van der Waals surface area (Å²) in [5, 5.41) is 10.4. The summed E-state index contributed by atoms with van der Waals surface area (Å²) in [7, 11) is 1.32. The lowest BCUT2D eigenvalue weighted by Gasteiger charge is -2.06. The first kappa shape index (κ1) is 14.9. The molecule has 19 heavy (non-hydrogen) atoms. The zero-order valence-corrected chi connectivity index (χ0v) is 10.5. The number of ether oxygens (including phenoxy) is 3. The Morgan fingerprint density at radius 2 is 1.89 bits per heavy atom. The lowest BCUT2D eigenvalue weighted by molar-refractivity contribution is -0.384. The van der Waals surface area contributed by atoms with Gasteiger partial charge in [-0.25, -0.2) is 0 Å². The number of hydrogen-bond donors (Lipinski definition) is 0. The fraction of sp³-hybridized carbons (Fsp3) is 0.417. The van der Waals surface area contributed by atoms with Gasteiger partial charge in [-0.15, -0.1) is 0 Å². The van der Waals surface area contributed by atoms with Crippen LogP contribution in [0.1, 0.15) is 6.42 Å². The second-order valence-corrected chi connectivity index (χ2v) is 3.54. The minimum absolute atomic E-state index is 0.0154. The molecule has 0 bridgehead atoms. The van der Waals surface area contributed by atoms with E-state index in [0.717, 1.165) is 0 Å². The number of carbonyl (C=O) groups is 1. The number of rotatable bonds is 8. The van der Waals surface area contributed by atoms with Gasteiger partial charge in [0.15, 0.2) is 0 Å².